The van der Waals surface area contributed by atoms with Crippen LogP contribution in [0.5, 0.6) is 0 Å². The standard InChI is InChI=1S/C27H27F7N6O3/c1-14(38-21-11-37-39-24(42)22(21)27(32,33)34)6-18(28)12-40(3)5-4-15-7-19(20(29)8-16(15)13-41)23-35-9-17(10-36-23)26(2,43)25(30)31/h4-5,7-11,13-14,18,25,43H,6,12H2,1-3H3,(H2,38,39,42)/b5-4-/t14?,18?,26-/m0/s1. The summed E-state index contributed by atoms with van der Waals surface area (Å²) in [6.07, 6.45) is -4.06. The van der Waals surface area contributed by atoms with Gasteiger partial charge in [0.25, 0.3) is 12.0 Å². The second-order valence-corrected chi connectivity index (χ2v) is 9.94. The van der Waals surface area contributed by atoms with Crippen LogP contribution in [0.2, 0.25) is 0 Å². The fraction of sp³-hybridized carbons (Fsp3) is 0.370. The molecule has 3 rings (SSSR count). The number of aromatic nitrogens is 4. The number of aliphatic hydroxyl groups is 1. The molecule has 0 aliphatic heterocycles. The van der Waals surface area contributed by atoms with E-state index in [1.54, 1.807) is 5.10 Å². The van der Waals surface area contributed by atoms with Crippen molar-refractivity contribution in [1.29, 1.82) is 0 Å². The lowest BCUT2D eigenvalue weighted by molar-refractivity contribution is -0.138. The molecule has 0 bridgehead atoms. The van der Waals surface area contributed by atoms with Crippen molar-refractivity contribution in [3.8, 4) is 11.4 Å². The summed E-state index contributed by atoms with van der Waals surface area (Å²) < 4.78 is 95.4. The van der Waals surface area contributed by atoms with Gasteiger partial charge in [0.05, 0.1) is 17.4 Å². The number of aromatic amines is 1. The number of halogens is 7. The number of benzene rings is 1. The van der Waals surface area contributed by atoms with Gasteiger partial charge in [-0.3, -0.25) is 9.59 Å². The van der Waals surface area contributed by atoms with Gasteiger partial charge in [-0.1, -0.05) is 0 Å². The zero-order valence-corrected chi connectivity index (χ0v) is 23.0. The zero-order chi connectivity index (χ0) is 32.1. The minimum Gasteiger partial charge on any atom is -0.381 e. The second-order valence-electron chi connectivity index (χ2n) is 9.94. The van der Waals surface area contributed by atoms with E-state index in [2.05, 4.69) is 20.4 Å². The maximum Gasteiger partial charge on any atom is 0.423 e. The van der Waals surface area contributed by atoms with Crippen LogP contribution in [0, 0.1) is 5.82 Å². The lowest BCUT2D eigenvalue weighted by atomic mass is 9.99. The van der Waals surface area contributed by atoms with E-state index in [-0.39, 0.29) is 41.0 Å². The number of carbonyl (C=O) groups excluding carboxylic acids is 1. The van der Waals surface area contributed by atoms with Crippen molar-refractivity contribution in [3.05, 3.63) is 75.3 Å². The number of alkyl halides is 6. The Hall–Kier alpha value is -4.34. The minimum atomic E-state index is -4.95. The number of nitrogens with one attached hydrogen (secondary N) is 2. The lowest BCUT2D eigenvalue weighted by Crippen LogP contribution is -2.30. The molecule has 0 fully saturated rings. The Bertz CT molecular complexity index is 1510. The van der Waals surface area contributed by atoms with Crippen molar-refractivity contribution in [3.63, 3.8) is 0 Å². The fourth-order valence-corrected chi connectivity index (χ4v) is 4.03. The highest BCUT2D eigenvalue weighted by Gasteiger charge is 2.38. The summed E-state index contributed by atoms with van der Waals surface area (Å²) >= 11 is 0. The summed E-state index contributed by atoms with van der Waals surface area (Å²) in [4.78, 5) is 32.3. The van der Waals surface area contributed by atoms with Crippen LogP contribution in [-0.2, 0) is 11.8 Å². The quantitative estimate of drug-likeness (QED) is 0.196. The summed E-state index contributed by atoms with van der Waals surface area (Å²) in [5, 5.41) is 17.4. The topological polar surface area (TPSA) is 124 Å². The molecule has 0 radical (unpaired) electrons. The van der Waals surface area contributed by atoms with E-state index < -0.39 is 53.0 Å². The number of rotatable bonds is 12. The Morgan fingerprint density at radius 2 is 1.77 bits per heavy atom. The summed E-state index contributed by atoms with van der Waals surface area (Å²) in [5.74, 6) is -1.09. The first-order chi connectivity index (χ1) is 20.0. The molecule has 232 valence electrons. The Kier molecular flexibility index (Phi) is 10.3. The largest absolute Gasteiger partial charge is 0.423 e. The van der Waals surface area contributed by atoms with E-state index in [1.807, 2.05) is 0 Å². The average Bonchev–Trinajstić information content (AvgIpc) is 2.91. The number of H-pyrrole nitrogens is 1. The second kappa shape index (κ2) is 13.3. The third kappa shape index (κ3) is 8.15. The van der Waals surface area contributed by atoms with Crippen molar-refractivity contribution >= 4 is 18.0 Å². The van der Waals surface area contributed by atoms with Gasteiger partial charge < -0.3 is 15.3 Å². The highest BCUT2D eigenvalue weighted by atomic mass is 19.4. The summed E-state index contributed by atoms with van der Waals surface area (Å²) in [5.41, 5.74) is -6.37. The predicted molar refractivity (Wildman–Crippen MR) is 143 cm³/mol. The third-order valence-electron chi connectivity index (χ3n) is 6.35. The van der Waals surface area contributed by atoms with Gasteiger partial charge in [-0.2, -0.15) is 18.3 Å². The van der Waals surface area contributed by atoms with Gasteiger partial charge in [-0.25, -0.2) is 32.6 Å². The molecule has 3 aromatic rings. The zero-order valence-electron chi connectivity index (χ0n) is 23.0. The maximum atomic E-state index is 14.8. The van der Waals surface area contributed by atoms with Crippen LogP contribution in [0.15, 0.2) is 41.7 Å². The summed E-state index contributed by atoms with van der Waals surface area (Å²) in [6, 6.07) is 1.32. The number of aldehydes is 1. The first kappa shape index (κ1) is 33.2. The molecule has 0 spiro atoms. The highest BCUT2D eigenvalue weighted by Crippen LogP contribution is 2.32. The molecule has 16 heteroatoms. The van der Waals surface area contributed by atoms with Gasteiger partial charge in [-0.05, 0) is 43.8 Å². The van der Waals surface area contributed by atoms with Crippen molar-refractivity contribution in [1.82, 2.24) is 25.1 Å². The van der Waals surface area contributed by atoms with E-state index in [4.69, 9.17) is 0 Å². The molecule has 43 heavy (non-hydrogen) atoms. The van der Waals surface area contributed by atoms with Crippen molar-refractivity contribution in [2.45, 2.75) is 50.7 Å². The molecule has 3 atom stereocenters. The van der Waals surface area contributed by atoms with Gasteiger partial charge in [0.1, 0.15) is 17.6 Å². The molecule has 0 saturated heterocycles. The van der Waals surface area contributed by atoms with Crippen LogP contribution in [-0.4, -0.2) is 68.7 Å². The molecule has 2 unspecified atom stereocenters. The summed E-state index contributed by atoms with van der Waals surface area (Å²) in [7, 11) is 1.49. The molecule has 2 heterocycles. The monoisotopic (exact) mass is 616 g/mol. The number of carbonyl (C=O) groups is 1. The Morgan fingerprint density at radius 1 is 1.12 bits per heavy atom. The molecule has 1 aromatic carbocycles. The number of hydrogen-bond donors (Lipinski definition) is 3. The van der Waals surface area contributed by atoms with Gasteiger partial charge in [0.2, 0.25) is 0 Å². The highest BCUT2D eigenvalue weighted by molar-refractivity contribution is 5.84. The van der Waals surface area contributed by atoms with Gasteiger partial charge in [0.15, 0.2) is 17.7 Å². The Labute approximate surface area is 240 Å². The Balaban J connectivity index is 1.71. The average molecular weight is 617 g/mol. The molecule has 0 aliphatic rings. The van der Waals surface area contributed by atoms with Gasteiger partial charge >= 0.3 is 6.18 Å². The van der Waals surface area contributed by atoms with Gasteiger partial charge in [0, 0.05) is 49.6 Å². The van der Waals surface area contributed by atoms with Crippen LogP contribution in [0.3, 0.4) is 0 Å². The van der Waals surface area contributed by atoms with Crippen molar-refractivity contribution in [2.75, 3.05) is 18.9 Å². The van der Waals surface area contributed by atoms with E-state index in [0.717, 1.165) is 31.6 Å². The third-order valence-corrected chi connectivity index (χ3v) is 6.35. The molecular formula is C27H27F7N6O3. The minimum absolute atomic E-state index is 0.0651. The molecular weight excluding hydrogens is 589 g/mol. The smallest absolute Gasteiger partial charge is 0.381 e. The van der Waals surface area contributed by atoms with Crippen LogP contribution in [0.1, 0.15) is 47.3 Å². The van der Waals surface area contributed by atoms with E-state index in [1.165, 1.54) is 37.2 Å². The molecule has 0 amide bonds. The number of hydrogen-bond acceptors (Lipinski definition) is 8. The van der Waals surface area contributed by atoms with Crippen LogP contribution < -0.4 is 10.9 Å². The number of anilines is 1. The molecule has 3 N–H and O–H groups in total. The normalized spacial score (nSPS) is 14.9. The molecule has 0 saturated carbocycles. The van der Waals surface area contributed by atoms with E-state index in [0.29, 0.717) is 6.29 Å². The van der Waals surface area contributed by atoms with Crippen LogP contribution >= 0.6 is 0 Å². The van der Waals surface area contributed by atoms with Crippen LogP contribution in [0.4, 0.5) is 36.4 Å². The van der Waals surface area contributed by atoms with Gasteiger partial charge in [-0.15, -0.1) is 0 Å². The predicted octanol–water partition coefficient (Wildman–Crippen LogP) is 4.80. The Morgan fingerprint density at radius 3 is 2.35 bits per heavy atom. The van der Waals surface area contributed by atoms with E-state index >= 15 is 0 Å². The maximum absolute atomic E-state index is 14.8. The van der Waals surface area contributed by atoms with Crippen LogP contribution in [0.25, 0.3) is 17.5 Å². The first-order valence-electron chi connectivity index (χ1n) is 12.6. The molecule has 9 nitrogen and oxygen atoms in total. The van der Waals surface area contributed by atoms with Crippen molar-refractivity contribution < 1.29 is 40.6 Å². The molecule has 0 aliphatic carbocycles. The number of nitrogens with zero attached hydrogens (tertiary/aromatic N) is 4. The molecule has 2 aromatic heterocycles. The fourth-order valence-electron chi connectivity index (χ4n) is 4.03. The summed E-state index contributed by atoms with van der Waals surface area (Å²) in [6.45, 7) is 2.09. The SMILES string of the molecule is CC(CC(F)CN(C)/C=C\c1cc(-c2ncc([C@](C)(O)C(F)F)cn2)c(F)cc1C=O)Nc1cn[nH]c(=O)c1C(F)(F)F. The first-order valence-corrected chi connectivity index (χ1v) is 12.6. The van der Waals surface area contributed by atoms with E-state index in [9.17, 15) is 45.4 Å². The lowest BCUT2D eigenvalue weighted by Gasteiger charge is -2.22. The van der Waals surface area contributed by atoms with Crippen molar-refractivity contribution in [2.24, 2.45) is 0 Å².